The van der Waals surface area contributed by atoms with E-state index in [2.05, 4.69) is 15.6 Å². The number of guanidine groups is 1. The summed E-state index contributed by atoms with van der Waals surface area (Å²) in [5, 5.41) is 6.42. The van der Waals surface area contributed by atoms with Gasteiger partial charge in [0.1, 0.15) is 23.0 Å². The van der Waals surface area contributed by atoms with E-state index in [1.165, 1.54) is 6.07 Å². The first kappa shape index (κ1) is 21.4. The van der Waals surface area contributed by atoms with E-state index in [0.29, 0.717) is 5.96 Å². The maximum absolute atomic E-state index is 13.8. The van der Waals surface area contributed by atoms with Gasteiger partial charge in [-0.2, -0.15) is 0 Å². The number of halogens is 3. The molecule has 0 radical (unpaired) electrons. The molecule has 1 unspecified atom stereocenters. The van der Waals surface area contributed by atoms with Crippen molar-refractivity contribution in [1.82, 2.24) is 10.6 Å². The lowest BCUT2D eigenvalue weighted by molar-refractivity contribution is 0.0694. The molecule has 2 aromatic carbocycles. The number of para-hydroxylation sites is 1. The van der Waals surface area contributed by atoms with Crippen LogP contribution >= 0.6 is 24.0 Å². The second-order valence-electron chi connectivity index (χ2n) is 6.96. The van der Waals surface area contributed by atoms with Crippen molar-refractivity contribution in [3.8, 4) is 5.75 Å². The first-order valence-electron chi connectivity index (χ1n) is 8.57. The van der Waals surface area contributed by atoms with Crippen molar-refractivity contribution in [2.24, 2.45) is 4.99 Å². The number of ether oxygens (including phenoxy) is 1. The van der Waals surface area contributed by atoms with Crippen LogP contribution in [-0.2, 0) is 6.54 Å². The lowest BCUT2D eigenvalue weighted by Gasteiger charge is -2.38. The summed E-state index contributed by atoms with van der Waals surface area (Å²) in [6, 6.07) is 11.3. The van der Waals surface area contributed by atoms with E-state index in [4.69, 9.17) is 4.74 Å². The Balaban J connectivity index is 0.00000261. The fourth-order valence-electron chi connectivity index (χ4n) is 3.15. The number of nitrogens with zero attached hydrogens (tertiary/aromatic N) is 1. The van der Waals surface area contributed by atoms with E-state index >= 15 is 0 Å². The second kappa shape index (κ2) is 8.86. The summed E-state index contributed by atoms with van der Waals surface area (Å²) in [5.41, 5.74) is 0.979. The van der Waals surface area contributed by atoms with Gasteiger partial charge in [-0.05, 0) is 38.1 Å². The quantitative estimate of drug-likeness (QED) is 0.380. The monoisotopic (exact) mass is 487 g/mol. The molecular formula is C20H24F2IN3O. The predicted molar refractivity (Wildman–Crippen MR) is 114 cm³/mol. The molecule has 0 saturated carbocycles. The number of benzene rings is 2. The third kappa shape index (κ3) is 5.31. The highest BCUT2D eigenvalue weighted by Crippen LogP contribution is 2.39. The Morgan fingerprint density at radius 3 is 2.70 bits per heavy atom. The molecule has 2 N–H and O–H groups in total. The molecule has 146 valence electrons. The van der Waals surface area contributed by atoms with Gasteiger partial charge in [0.25, 0.3) is 0 Å². The molecule has 0 fully saturated rings. The van der Waals surface area contributed by atoms with Gasteiger partial charge in [0, 0.05) is 31.1 Å². The molecule has 0 aliphatic carbocycles. The van der Waals surface area contributed by atoms with Crippen molar-refractivity contribution < 1.29 is 13.5 Å². The summed E-state index contributed by atoms with van der Waals surface area (Å²) in [5.74, 6) is 0.442. The zero-order valence-electron chi connectivity index (χ0n) is 15.6. The Labute approximate surface area is 175 Å². The maximum atomic E-state index is 13.8. The van der Waals surface area contributed by atoms with Gasteiger partial charge in [0.15, 0.2) is 5.96 Å². The lowest BCUT2D eigenvalue weighted by Crippen LogP contribution is -2.45. The van der Waals surface area contributed by atoms with Crippen LogP contribution in [0, 0.1) is 11.6 Å². The van der Waals surface area contributed by atoms with Crippen LogP contribution in [0.5, 0.6) is 5.75 Å². The second-order valence-corrected chi connectivity index (χ2v) is 6.96. The molecule has 4 nitrogen and oxygen atoms in total. The molecule has 1 atom stereocenters. The molecule has 3 rings (SSSR count). The summed E-state index contributed by atoms with van der Waals surface area (Å²) in [7, 11) is 1.65. The number of fused-ring (bicyclic) bond motifs is 1. The van der Waals surface area contributed by atoms with E-state index in [9.17, 15) is 8.78 Å². The smallest absolute Gasteiger partial charge is 0.191 e. The van der Waals surface area contributed by atoms with Gasteiger partial charge in [-0.15, -0.1) is 24.0 Å². The third-order valence-corrected chi connectivity index (χ3v) is 4.36. The van der Waals surface area contributed by atoms with Gasteiger partial charge >= 0.3 is 0 Å². The highest BCUT2D eigenvalue weighted by molar-refractivity contribution is 14.0. The maximum Gasteiger partial charge on any atom is 0.191 e. The zero-order chi connectivity index (χ0) is 18.7. The summed E-state index contributed by atoms with van der Waals surface area (Å²) in [6.45, 7) is 4.21. The molecule has 27 heavy (non-hydrogen) atoms. The first-order chi connectivity index (χ1) is 12.4. The summed E-state index contributed by atoms with van der Waals surface area (Å²) < 4.78 is 33.2. The molecule has 1 aliphatic heterocycles. The van der Waals surface area contributed by atoms with Crippen molar-refractivity contribution in [2.75, 3.05) is 7.05 Å². The van der Waals surface area contributed by atoms with Crippen LogP contribution in [0.25, 0.3) is 0 Å². The minimum absolute atomic E-state index is 0. The SMILES string of the molecule is CN=C(NCc1cc(F)ccc1F)NC1CC(C)(C)Oc2ccccc21.I. The number of aliphatic imine (C=N–C) groups is 1. The Bertz CT molecular complexity index is 827. The predicted octanol–water partition coefficient (Wildman–Crippen LogP) is 4.55. The van der Waals surface area contributed by atoms with Gasteiger partial charge < -0.3 is 15.4 Å². The molecule has 1 aliphatic rings. The Hall–Kier alpha value is -1.90. The largest absolute Gasteiger partial charge is 0.487 e. The number of nitrogens with one attached hydrogen (secondary N) is 2. The van der Waals surface area contributed by atoms with E-state index in [1.807, 2.05) is 38.1 Å². The van der Waals surface area contributed by atoms with Crippen molar-refractivity contribution in [3.05, 3.63) is 65.2 Å². The Morgan fingerprint density at radius 2 is 1.96 bits per heavy atom. The fraction of sp³-hybridized carbons (Fsp3) is 0.350. The Morgan fingerprint density at radius 1 is 1.22 bits per heavy atom. The van der Waals surface area contributed by atoms with E-state index in [1.54, 1.807) is 7.05 Å². The average molecular weight is 487 g/mol. The van der Waals surface area contributed by atoms with Crippen LogP contribution in [0.15, 0.2) is 47.5 Å². The van der Waals surface area contributed by atoms with Crippen molar-refractivity contribution >= 4 is 29.9 Å². The summed E-state index contributed by atoms with van der Waals surface area (Å²) >= 11 is 0. The van der Waals surface area contributed by atoms with Crippen LogP contribution in [-0.4, -0.2) is 18.6 Å². The highest BCUT2D eigenvalue weighted by Gasteiger charge is 2.33. The van der Waals surface area contributed by atoms with Crippen molar-refractivity contribution in [2.45, 2.75) is 38.5 Å². The normalized spacial score (nSPS) is 18.0. The van der Waals surface area contributed by atoms with Gasteiger partial charge in [0.2, 0.25) is 0 Å². The van der Waals surface area contributed by atoms with E-state index < -0.39 is 11.6 Å². The molecule has 0 spiro atoms. The van der Waals surface area contributed by atoms with Gasteiger partial charge in [-0.25, -0.2) is 8.78 Å². The molecule has 0 saturated heterocycles. The van der Waals surface area contributed by atoms with E-state index in [0.717, 1.165) is 29.9 Å². The minimum Gasteiger partial charge on any atom is -0.487 e. The highest BCUT2D eigenvalue weighted by atomic mass is 127. The topological polar surface area (TPSA) is 45.7 Å². The van der Waals surface area contributed by atoms with Gasteiger partial charge in [-0.3, -0.25) is 4.99 Å². The summed E-state index contributed by atoms with van der Waals surface area (Å²) in [6.07, 6.45) is 0.749. The van der Waals surface area contributed by atoms with Gasteiger partial charge in [0.05, 0.1) is 6.04 Å². The molecule has 7 heteroatoms. The Kier molecular flexibility index (Phi) is 7.02. The first-order valence-corrected chi connectivity index (χ1v) is 8.57. The van der Waals surface area contributed by atoms with Crippen molar-refractivity contribution in [3.63, 3.8) is 0 Å². The molecule has 2 aromatic rings. The van der Waals surface area contributed by atoms with Crippen LogP contribution in [0.1, 0.15) is 37.4 Å². The van der Waals surface area contributed by atoms with Gasteiger partial charge in [-0.1, -0.05) is 18.2 Å². The molecule has 1 heterocycles. The zero-order valence-corrected chi connectivity index (χ0v) is 17.9. The van der Waals surface area contributed by atoms with Crippen LogP contribution in [0.4, 0.5) is 8.78 Å². The number of rotatable bonds is 3. The average Bonchev–Trinajstić information content (AvgIpc) is 2.60. The fourth-order valence-corrected chi connectivity index (χ4v) is 3.15. The van der Waals surface area contributed by atoms with Crippen LogP contribution < -0.4 is 15.4 Å². The number of hydrogen-bond donors (Lipinski definition) is 2. The molecular weight excluding hydrogens is 463 g/mol. The molecule has 0 amide bonds. The van der Waals surface area contributed by atoms with Crippen LogP contribution in [0.3, 0.4) is 0 Å². The molecule has 0 aromatic heterocycles. The van der Waals surface area contributed by atoms with Crippen molar-refractivity contribution in [1.29, 1.82) is 0 Å². The number of hydrogen-bond acceptors (Lipinski definition) is 2. The summed E-state index contributed by atoms with van der Waals surface area (Å²) in [4.78, 5) is 4.21. The van der Waals surface area contributed by atoms with E-state index in [-0.39, 0.29) is 47.7 Å². The molecule has 0 bridgehead atoms. The third-order valence-electron chi connectivity index (χ3n) is 4.36. The standard InChI is InChI=1S/C20H23F2N3O.HI/c1-20(2)11-17(15-6-4-5-7-18(15)26-20)25-19(23-3)24-12-13-10-14(21)8-9-16(13)22;/h4-10,17H,11-12H2,1-3H3,(H2,23,24,25);1H. The minimum atomic E-state index is -0.466. The lowest BCUT2D eigenvalue weighted by atomic mass is 9.90. The van der Waals surface area contributed by atoms with Crippen LogP contribution in [0.2, 0.25) is 0 Å².